The van der Waals surface area contributed by atoms with Crippen LogP contribution in [0.3, 0.4) is 0 Å². The smallest absolute Gasteiger partial charge is 0.279 e. The Morgan fingerprint density at radius 1 is 0.952 bits per heavy atom. The van der Waals surface area contributed by atoms with Crippen molar-refractivity contribution in [1.29, 1.82) is 0 Å². The van der Waals surface area contributed by atoms with Gasteiger partial charge >= 0.3 is 0 Å². The van der Waals surface area contributed by atoms with E-state index >= 15 is 0 Å². The van der Waals surface area contributed by atoms with E-state index in [4.69, 9.17) is 26.2 Å². The van der Waals surface area contributed by atoms with Crippen LogP contribution < -0.4 is 4.74 Å². The third kappa shape index (κ3) is 5.02. The highest BCUT2D eigenvalue weighted by Gasteiger charge is 2.42. The van der Waals surface area contributed by atoms with E-state index in [1.807, 2.05) is 91.0 Å². The molecule has 0 aromatic heterocycles. The standard InChI is InChI=1S/C34H28ClN3O4/c1-41-29-16-10-9-15-24(29)28-20-27(37-38(28)34(40)32(42-2)22-13-7-4-8-14-22)31-30(21-11-5-3-6-12-21)25-19-23(35)17-18-26(25)36-33(31)39/h3-19,25,28,32H,20H2,1-2H3. The molecule has 3 aromatic carbocycles. The average Bonchev–Trinajstić information content (AvgIpc) is 3.46. The minimum absolute atomic E-state index is 0.277. The Balaban J connectivity index is 1.52. The summed E-state index contributed by atoms with van der Waals surface area (Å²) >= 11 is 6.44. The minimum Gasteiger partial charge on any atom is -0.496 e. The van der Waals surface area contributed by atoms with Crippen LogP contribution in [0.1, 0.15) is 35.3 Å². The Labute approximate surface area is 249 Å². The number of ether oxygens (including phenoxy) is 2. The largest absolute Gasteiger partial charge is 0.496 e. The Morgan fingerprint density at radius 3 is 2.36 bits per heavy atom. The molecule has 1 aliphatic carbocycles. The van der Waals surface area contributed by atoms with Crippen LogP contribution in [-0.4, -0.2) is 42.5 Å². The van der Waals surface area contributed by atoms with Gasteiger partial charge in [-0.3, -0.25) is 9.59 Å². The minimum atomic E-state index is -0.897. The quantitative estimate of drug-likeness (QED) is 0.323. The van der Waals surface area contributed by atoms with Crippen molar-refractivity contribution in [2.45, 2.75) is 18.6 Å². The first-order valence-corrected chi connectivity index (χ1v) is 14.0. The second kappa shape index (κ2) is 11.7. The number of para-hydroxylation sites is 1. The van der Waals surface area contributed by atoms with Gasteiger partial charge in [-0.25, -0.2) is 10.0 Å². The molecule has 8 heteroatoms. The van der Waals surface area contributed by atoms with E-state index in [9.17, 15) is 9.59 Å². The van der Waals surface area contributed by atoms with Crippen LogP contribution in [0, 0.1) is 5.92 Å². The first-order chi connectivity index (χ1) is 20.5. The van der Waals surface area contributed by atoms with Gasteiger partial charge in [0.05, 0.1) is 30.1 Å². The lowest BCUT2D eigenvalue weighted by atomic mass is 9.79. The van der Waals surface area contributed by atoms with E-state index in [1.165, 1.54) is 12.1 Å². The van der Waals surface area contributed by atoms with Crippen LogP contribution in [0.5, 0.6) is 5.75 Å². The fourth-order valence-corrected chi connectivity index (χ4v) is 5.94. The summed E-state index contributed by atoms with van der Waals surface area (Å²) in [6, 6.07) is 25.9. The summed E-state index contributed by atoms with van der Waals surface area (Å²) in [5, 5.41) is 6.86. The third-order valence-corrected chi connectivity index (χ3v) is 7.90. The molecule has 0 spiro atoms. The summed E-state index contributed by atoms with van der Waals surface area (Å²) in [4.78, 5) is 32.4. The summed E-state index contributed by atoms with van der Waals surface area (Å²) in [6.07, 6.45) is 4.78. The molecule has 3 aliphatic rings. The predicted molar refractivity (Wildman–Crippen MR) is 163 cm³/mol. The molecule has 0 N–H and O–H groups in total. The summed E-state index contributed by atoms with van der Waals surface area (Å²) in [5.41, 5.74) is 4.54. The van der Waals surface area contributed by atoms with Crippen molar-refractivity contribution in [1.82, 2.24) is 5.01 Å². The monoisotopic (exact) mass is 577 g/mol. The molecule has 42 heavy (non-hydrogen) atoms. The average molecular weight is 578 g/mol. The highest BCUT2D eigenvalue weighted by atomic mass is 35.5. The van der Waals surface area contributed by atoms with Gasteiger partial charge in [0.2, 0.25) is 0 Å². The van der Waals surface area contributed by atoms with Crippen molar-refractivity contribution in [2.75, 3.05) is 14.2 Å². The second-order valence-electron chi connectivity index (χ2n) is 10.1. The van der Waals surface area contributed by atoms with Gasteiger partial charge in [0.15, 0.2) is 6.10 Å². The van der Waals surface area contributed by atoms with E-state index in [2.05, 4.69) is 4.99 Å². The van der Waals surface area contributed by atoms with Gasteiger partial charge in [0.1, 0.15) is 5.75 Å². The summed E-state index contributed by atoms with van der Waals surface area (Å²) in [6.45, 7) is 0. The summed E-state index contributed by atoms with van der Waals surface area (Å²) < 4.78 is 11.4. The van der Waals surface area contributed by atoms with Gasteiger partial charge in [-0.1, -0.05) is 96.5 Å². The molecule has 0 bridgehead atoms. The molecule has 0 saturated carbocycles. The number of aliphatic imine (C=N–C) groups is 1. The second-order valence-corrected chi connectivity index (χ2v) is 10.5. The van der Waals surface area contributed by atoms with Crippen molar-refractivity contribution in [3.05, 3.63) is 130 Å². The number of rotatable bonds is 7. The predicted octanol–water partition coefficient (Wildman–Crippen LogP) is 6.46. The molecular formula is C34H28ClN3O4. The van der Waals surface area contributed by atoms with E-state index in [1.54, 1.807) is 19.3 Å². The van der Waals surface area contributed by atoms with Crippen molar-refractivity contribution in [3.63, 3.8) is 0 Å². The molecule has 210 valence electrons. The Kier molecular flexibility index (Phi) is 7.69. The maximum atomic E-state index is 14.2. The van der Waals surface area contributed by atoms with Crippen molar-refractivity contribution in [2.24, 2.45) is 16.0 Å². The van der Waals surface area contributed by atoms with Crippen molar-refractivity contribution >= 4 is 40.4 Å². The van der Waals surface area contributed by atoms with Gasteiger partial charge in [0.25, 0.3) is 11.8 Å². The number of benzene rings is 3. The fourth-order valence-electron chi connectivity index (χ4n) is 5.75. The highest BCUT2D eigenvalue weighted by molar-refractivity contribution is 6.36. The van der Waals surface area contributed by atoms with E-state index < -0.39 is 18.1 Å². The first-order valence-electron chi connectivity index (χ1n) is 13.6. The van der Waals surface area contributed by atoms with Crippen LogP contribution in [0.25, 0.3) is 5.57 Å². The van der Waals surface area contributed by atoms with Crippen LogP contribution in [-0.2, 0) is 14.3 Å². The number of hydrogen-bond donors (Lipinski definition) is 0. The topological polar surface area (TPSA) is 80.6 Å². The summed E-state index contributed by atoms with van der Waals surface area (Å²) in [7, 11) is 3.09. The molecule has 0 radical (unpaired) electrons. The lowest BCUT2D eigenvalue weighted by Gasteiger charge is -2.27. The van der Waals surface area contributed by atoms with Gasteiger partial charge in [-0.2, -0.15) is 5.10 Å². The molecule has 3 atom stereocenters. The zero-order valence-electron chi connectivity index (χ0n) is 23.1. The number of hydrazone groups is 1. The van der Waals surface area contributed by atoms with E-state index in [-0.39, 0.29) is 18.2 Å². The normalized spacial score (nSPS) is 20.5. The van der Waals surface area contributed by atoms with Crippen LogP contribution in [0.2, 0.25) is 0 Å². The van der Waals surface area contributed by atoms with Crippen molar-refractivity contribution < 1.29 is 19.1 Å². The number of carbonyl (C=O) groups is 2. The summed E-state index contributed by atoms with van der Waals surface area (Å²) in [5.74, 6) is -0.488. The molecule has 6 rings (SSSR count). The van der Waals surface area contributed by atoms with E-state index in [0.29, 0.717) is 33.3 Å². The molecule has 3 aromatic rings. The number of fused-ring (bicyclic) bond motifs is 1. The number of nitrogens with zero attached hydrogens (tertiary/aromatic N) is 3. The lowest BCUT2D eigenvalue weighted by Crippen LogP contribution is -2.32. The SMILES string of the molecule is COc1ccccc1C1CC(C2=C(c3ccccc3)C3C=C(Cl)C=CC3=NC2=O)=NN1C(=O)C(OC)c1ccccc1. The van der Waals surface area contributed by atoms with Crippen molar-refractivity contribution in [3.8, 4) is 5.75 Å². The number of halogens is 1. The molecule has 0 fully saturated rings. The Morgan fingerprint density at radius 2 is 1.64 bits per heavy atom. The zero-order chi connectivity index (χ0) is 29.2. The number of hydrogen-bond acceptors (Lipinski definition) is 5. The maximum absolute atomic E-state index is 14.2. The number of methoxy groups -OCH3 is 2. The molecule has 2 amide bonds. The van der Waals surface area contributed by atoms with Gasteiger partial charge in [-0.15, -0.1) is 0 Å². The van der Waals surface area contributed by atoms with Gasteiger partial charge in [-0.05, 0) is 34.9 Å². The molecule has 3 unspecified atom stereocenters. The van der Waals surface area contributed by atoms with Crippen LogP contribution >= 0.6 is 11.6 Å². The fraction of sp³-hybridized carbons (Fsp3) is 0.176. The Bertz CT molecular complexity index is 1690. The number of dihydropyridines is 1. The molecule has 2 heterocycles. The molecule has 0 saturated heterocycles. The number of carbonyl (C=O) groups excluding carboxylic acids is 2. The maximum Gasteiger partial charge on any atom is 0.279 e. The molecule has 2 aliphatic heterocycles. The Hall–Kier alpha value is -4.59. The number of amides is 2. The lowest BCUT2D eigenvalue weighted by molar-refractivity contribution is -0.144. The van der Waals surface area contributed by atoms with Crippen LogP contribution in [0.15, 0.2) is 124 Å². The van der Waals surface area contributed by atoms with Crippen LogP contribution in [0.4, 0.5) is 0 Å². The van der Waals surface area contributed by atoms with E-state index in [0.717, 1.165) is 16.7 Å². The molecule has 7 nitrogen and oxygen atoms in total. The molecular weight excluding hydrogens is 550 g/mol. The zero-order valence-corrected chi connectivity index (χ0v) is 23.9. The third-order valence-electron chi connectivity index (χ3n) is 7.65. The highest BCUT2D eigenvalue weighted by Crippen LogP contribution is 2.43. The van der Waals surface area contributed by atoms with Gasteiger partial charge in [0, 0.05) is 30.0 Å². The first kappa shape index (κ1) is 27.6. The van der Waals surface area contributed by atoms with Gasteiger partial charge < -0.3 is 9.47 Å². The number of allylic oxidation sites excluding steroid dienone is 5.